The average molecular weight is 273 g/mol. The molecule has 1 unspecified atom stereocenters. The molecule has 1 aromatic carbocycles. The molecule has 4 nitrogen and oxygen atoms in total. The lowest BCUT2D eigenvalue weighted by molar-refractivity contribution is 0.0695. The third kappa shape index (κ3) is 4.46. The molecule has 0 aliphatic heterocycles. The normalized spacial score (nSPS) is 12.5. The van der Waals surface area contributed by atoms with Gasteiger partial charge in [-0.2, -0.15) is 0 Å². The van der Waals surface area contributed by atoms with Crippen LogP contribution in [0.15, 0.2) is 18.2 Å². The van der Waals surface area contributed by atoms with E-state index in [0.29, 0.717) is 13.2 Å². The van der Waals surface area contributed by atoms with Crippen LogP contribution in [-0.4, -0.2) is 45.6 Å². The van der Waals surface area contributed by atoms with Gasteiger partial charge in [0.1, 0.15) is 0 Å². The SMILES string of the molecule is CNCc1ccc(N(C)CC(O)COC)cc1Cl. The smallest absolute Gasteiger partial charge is 0.0947 e. The van der Waals surface area contributed by atoms with Gasteiger partial charge in [0.25, 0.3) is 0 Å². The molecule has 0 bridgehead atoms. The van der Waals surface area contributed by atoms with Crippen LogP contribution in [-0.2, 0) is 11.3 Å². The minimum atomic E-state index is -0.504. The number of benzene rings is 1. The number of anilines is 1. The molecule has 1 rings (SSSR count). The van der Waals surface area contributed by atoms with Gasteiger partial charge in [-0.25, -0.2) is 0 Å². The van der Waals surface area contributed by atoms with E-state index in [1.807, 2.05) is 37.2 Å². The van der Waals surface area contributed by atoms with Crippen LogP contribution in [0.25, 0.3) is 0 Å². The highest BCUT2D eigenvalue weighted by molar-refractivity contribution is 6.31. The Morgan fingerprint density at radius 3 is 2.78 bits per heavy atom. The third-order valence-electron chi connectivity index (χ3n) is 2.69. The Kier molecular flexibility index (Phi) is 6.43. The Hall–Kier alpha value is -0.810. The van der Waals surface area contributed by atoms with Crippen LogP contribution < -0.4 is 10.2 Å². The summed E-state index contributed by atoms with van der Waals surface area (Å²) in [4.78, 5) is 1.96. The molecule has 0 aliphatic rings. The maximum absolute atomic E-state index is 9.68. The van der Waals surface area contributed by atoms with E-state index >= 15 is 0 Å². The van der Waals surface area contributed by atoms with E-state index in [-0.39, 0.29) is 0 Å². The van der Waals surface area contributed by atoms with Crippen molar-refractivity contribution in [2.24, 2.45) is 0 Å². The van der Waals surface area contributed by atoms with E-state index < -0.39 is 6.10 Å². The van der Waals surface area contributed by atoms with Crippen LogP contribution in [0.2, 0.25) is 5.02 Å². The lowest BCUT2D eigenvalue weighted by atomic mass is 10.2. The number of halogens is 1. The monoisotopic (exact) mass is 272 g/mol. The standard InChI is InChI=1S/C13H21ClN2O2/c1-15-7-10-4-5-11(6-13(10)14)16(2)8-12(17)9-18-3/h4-6,12,15,17H,7-9H2,1-3H3. The number of likely N-dealkylation sites (N-methyl/N-ethyl adjacent to an activating group) is 1. The first-order valence-electron chi connectivity index (χ1n) is 5.89. The van der Waals surface area contributed by atoms with Crippen molar-refractivity contribution in [1.82, 2.24) is 5.32 Å². The summed E-state index contributed by atoms with van der Waals surface area (Å²) in [7, 11) is 5.38. The molecule has 0 saturated heterocycles. The molecule has 102 valence electrons. The molecule has 0 spiro atoms. The number of hydrogen-bond donors (Lipinski definition) is 2. The van der Waals surface area contributed by atoms with Crippen LogP contribution in [0.1, 0.15) is 5.56 Å². The van der Waals surface area contributed by atoms with Crippen molar-refractivity contribution < 1.29 is 9.84 Å². The van der Waals surface area contributed by atoms with E-state index in [0.717, 1.165) is 22.8 Å². The zero-order chi connectivity index (χ0) is 13.5. The Morgan fingerprint density at radius 1 is 1.50 bits per heavy atom. The zero-order valence-electron chi connectivity index (χ0n) is 11.1. The minimum Gasteiger partial charge on any atom is -0.389 e. The molecular weight excluding hydrogens is 252 g/mol. The van der Waals surface area contributed by atoms with Crippen molar-refractivity contribution in [2.75, 3.05) is 39.3 Å². The Balaban J connectivity index is 2.68. The molecule has 0 aromatic heterocycles. The van der Waals surface area contributed by atoms with Gasteiger partial charge in [0.15, 0.2) is 0 Å². The molecule has 0 heterocycles. The highest BCUT2D eigenvalue weighted by Gasteiger charge is 2.10. The summed E-state index contributed by atoms with van der Waals surface area (Å²) in [6, 6.07) is 5.90. The number of nitrogens with one attached hydrogen (secondary N) is 1. The summed E-state index contributed by atoms with van der Waals surface area (Å²) in [5, 5.41) is 13.5. The molecule has 1 atom stereocenters. The molecule has 2 N–H and O–H groups in total. The zero-order valence-corrected chi connectivity index (χ0v) is 11.9. The summed E-state index contributed by atoms with van der Waals surface area (Å²) in [5.41, 5.74) is 2.05. The summed E-state index contributed by atoms with van der Waals surface area (Å²) in [6.45, 7) is 1.58. The van der Waals surface area contributed by atoms with Gasteiger partial charge in [-0.15, -0.1) is 0 Å². The van der Waals surface area contributed by atoms with Crippen LogP contribution >= 0.6 is 11.6 Å². The second-order valence-corrected chi connectivity index (χ2v) is 4.70. The Labute approximate surface area is 114 Å². The second kappa shape index (κ2) is 7.59. The lowest BCUT2D eigenvalue weighted by Gasteiger charge is -2.23. The summed E-state index contributed by atoms with van der Waals surface area (Å²) >= 11 is 6.20. The van der Waals surface area contributed by atoms with Crippen molar-refractivity contribution in [3.63, 3.8) is 0 Å². The largest absolute Gasteiger partial charge is 0.389 e. The van der Waals surface area contributed by atoms with Crippen LogP contribution in [0, 0.1) is 0 Å². The van der Waals surface area contributed by atoms with Crippen molar-refractivity contribution in [3.05, 3.63) is 28.8 Å². The third-order valence-corrected chi connectivity index (χ3v) is 3.04. The maximum atomic E-state index is 9.68. The molecule has 0 saturated carbocycles. The van der Waals surface area contributed by atoms with Crippen molar-refractivity contribution >= 4 is 17.3 Å². The summed E-state index contributed by atoms with van der Waals surface area (Å²) in [6.07, 6.45) is -0.504. The fourth-order valence-electron chi connectivity index (χ4n) is 1.77. The van der Waals surface area contributed by atoms with E-state index in [2.05, 4.69) is 5.32 Å². The van der Waals surface area contributed by atoms with Crippen LogP contribution in [0.5, 0.6) is 0 Å². The number of aliphatic hydroxyl groups excluding tert-OH is 1. The van der Waals surface area contributed by atoms with Gasteiger partial charge in [0.05, 0.1) is 12.7 Å². The second-order valence-electron chi connectivity index (χ2n) is 4.30. The first-order chi connectivity index (χ1) is 8.58. The highest BCUT2D eigenvalue weighted by atomic mass is 35.5. The van der Waals surface area contributed by atoms with Gasteiger partial charge < -0.3 is 20.1 Å². The number of hydrogen-bond acceptors (Lipinski definition) is 4. The fourth-order valence-corrected chi connectivity index (χ4v) is 2.02. The van der Waals surface area contributed by atoms with E-state index in [9.17, 15) is 5.11 Å². The quantitative estimate of drug-likeness (QED) is 0.790. The van der Waals surface area contributed by atoms with Crippen LogP contribution in [0.3, 0.4) is 0 Å². The van der Waals surface area contributed by atoms with Gasteiger partial charge in [0, 0.05) is 38.0 Å². The molecule has 5 heteroatoms. The predicted molar refractivity (Wildman–Crippen MR) is 75.4 cm³/mol. The van der Waals surface area contributed by atoms with E-state index in [1.165, 1.54) is 0 Å². The minimum absolute atomic E-state index is 0.329. The van der Waals surface area contributed by atoms with Crippen LogP contribution in [0.4, 0.5) is 5.69 Å². The number of ether oxygens (including phenoxy) is 1. The maximum Gasteiger partial charge on any atom is 0.0947 e. The average Bonchev–Trinajstić information content (AvgIpc) is 2.32. The number of methoxy groups -OCH3 is 1. The van der Waals surface area contributed by atoms with Gasteiger partial charge in [0.2, 0.25) is 0 Å². The topological polar surface area (TPSA) is 44.7 Å². The molecule has 18 heavy (non-hydrogen) atoms. The molecule has 1 aromatic rings. The van der Waals surface area contributed by atoms with Gasteiger partial charge in [-0.3, -0.25) is 0 Å². The summed E-state index contributed by atoms with van der Waals surface area (Å²) in [5.74, 6) is 0. The van der Waals surface area contributed by atoms with Gasteiger partial charge >= 0.3 is 0 Å². The molecular formula is C13H21ClN2O2. The number of aliphatic hydroxyl groups is 1. The van der Waals surface area contributed by atoms with Gasteiger partial charge in [-0.05, 0) is 24.7 Å². The molecule has 0 fully saturated rings. The van der Waals surface area contributed by atoms with Crippen molar-refractivity contribution in [2.45, 2.75) is 12.6 Å². The van der Waals surface area contributed by atoms with E-state index in [4.69, 9.17) is 16.3 Å². The predicted octanol–water partition coefficient (Wildman–Crippen LogP) is 1.50. The number of nitrogens with zero attached hydrogens (tertiary/aromatic N) is 1. The van der Waals surface area contributed by atoms with Crippen molar-refractivity contribution in [1.29, 1.82) is 0 Å². The first kappa shape index (κ1) is 15.2. The fraction of sp³-hybridized carbons (Fsp3) is 0.538. The molecule has 0 aliphatic carbocycles. The number of rotatable bonds is 7. The Bertz CT molecular complexity index is 374. The first-order valence-corrected chi connectivity index (χ1v) is 6.27. The Morgan fingerprint density at radius 2 is 2.22 bits per heavy atom. The van der Waals surface area contributed by atoms with Gasteiger partial charge in [-0.1, -0.05) is 17.7 Å². The molecule has 0 radical (unpaired) electrons. The summed E-state index contributed by atoms with van der Waals surface area (Å²) < 4.78 is 4.90. The highest BCUT2D eigenvalue weighted by Crippen LogP contribution is 2.23. The van der Waals surface area contributed by atoms with E-state index in [1.54, 1.807) is 7.11 Å². The van der Waals surface area contributed by atoms with Crippen molar-refractivity contribution in [3.8, 4) is 0 Å². The molecule has 0 amide bonds. The lowest BCUT2D eigenvalue weighted by Crippen LogP contribution is -2.31.